The molecule has 0 aromatic heterocycles. The number of phenols is 1. The van der Waals surface area contributed by atoms with Crippen LogP contribution in [-0.4, -0.2) is 10.9 Å². The van der Waals surface area contributed by atoms with Crippen LogP contribution in [0.1, 0.15) is 38.5 Å². The molecule has 0 radical (unpaired) electrons. The first-order valence-electron chi connectivity index (χ1n) is 8.02. The van der Waals surface area contributed by atoms with Crippen molar-refractivity contribution in [1.82, 2.24) is 0 Å². The van der Waals surface area contributed by atoms with Crippen LogP contribution < -0.4 is 0 Å². The maximum absolute atomic E-state index is 13.2. The number of hydrogen-bond acceptors (Lipinski definition) is 2. The van der Waals surface area contributed by atoms with Gasteiger partial charge in [-0.05, 0) is 36.1 Å². The Morgan fingerprint density at radius 1 is 0.792 bits per heavy atom. The summed E-state index contributed by atoms with van der Waals surface area (Å²) in [5, 5.41) is 10.1. The van der Waals surface area contributed by atoms with Gasteiger partial charge >= 0.3 is 0 Å². The van der Waals surface area contributed by atoms with E-state index >= 15 is 0 Å². The van der Waals surface area contributed by atoms with Crippen LogP contribution >= 0.6 is 0 Å². The van der Waals surface area contributed by atoms with Crippen molar-refractivity contribution in [1.29, 1.82) is 0 Å². The van der Waals surface area contributed by atoms with E-state index in [0.717, 1.165) is 22.3 Å². The first-order valence-corrected chi connectivity index (χ1v) is 8.02. The fourth-order valence-corrected chi connectivity index (χ4v) is 3.07. The van der Waals surface area contributed by atoms with Crippen molar-refractivity contribution < 1.29 is 9.90 Å². The predicted octanol–water partition coefficient (Wildman–Crippen LogP) is 5.02. The van der Waals surface area contributed by atoms with E-state index in [9.17, 15) is 9.90 Å². The van der Waals surface area contributed by atoms with Gasteiger partial charge in [-0.15, -0.1) is 0 Å². The Kier molecular flexibility index (Phi) is 4.48. The standard InChI is InChI=1S/C22H20O2/c1-15-13-19(14-16(2)21(15)23)20(17-9-5-3-6-10-17)22(24)18-11-7-4-8-12-18/h3-14,20,23H,1-2H3. The Labute approximate surface area is 142 Å². The molecule has 0 aliphatic heterocycles. The van der Waals surface area contributed by atoms with Crippen LogP contribution in [0, 0.1) is 13.8 Å². The molecular weight excluding hydrogens is 296 g/mol. The second-order valence-corrected chi connectivity index (χ2v) is 6.08. The molecule has 1 N–H and O–H groups in total. The minimum absolute atomic E-state index is 0.0614. The third-order valence-electron chi connectivity index (χ3n) is 4.30. The number of aryl methyl sites for hydroxylation is 2. The van der Waals surface area contributed by atoms with Crippen LogP contribution in [0.5, 0.6) is 5.75 Å². The topological polar surface area (TPSA) is 37.3 Å². The third-order valence-corrected chi connectivity index (χ3v) is 4.30. The molecule has 1 unspecified atom stereocenters. The number of carbonyl (C=O) groups is 1. The highest BCUT2D eigenvalue weighted by Crippen LogP contribution is 2.33. The number of benzene rings is 3. The lowest BCUT2D eigenvalue weighted by Gasteiger charge is -2.19. The SMILES string of the molecule is Cc1cc(C(C(=O)c2ccccc2)c2ccccc2)cc(C)c1O. The summed E-state index contributed by atoms with van der Waals surface area (Å²) in [6, 6.07) is 22.9. The van der Waals surface area contributed by atoms with Gasteiger partial charge in [0.1, 0.15) is 5.75 Å². The number of aromatic hydroxyl groups is 1. The van der Waals surface area contributed by atoms with Crippen molar-refractivity contribution in [2.24, 2.45) is 0 Å². The van der Waals surface area contributed by atoms with Gasteiger partial charge in [-0.3, -0.25) is 4.79 Å². The molecule has 1 atom stereocenters. The molecule has 0 heterocycles. The number of ketones is 1. The summed E-state index contributed by atoms with van der Waals surface area (Å²) in [5.41, 5.74) is 4.12. The summed E-state index contributed by atoms with van der Waals surface area (Å²) in [7, 11) is 0. The molecule has 2 heteroatoms. The van der Waals surface area contributed by atoms with Gasteiger partial charge in [-0.2, -0.15) is 0 Å². The van der Waals surface area contributed by atoms with Crippen LogP contribution in [0.15, 0.2) is 72.8 Å². The molecule has 0 amide bonds. The minimum atomic E-state index is -0.383. The minimum Gasteiger partial charge on any atom is -0.507 e. The zero-order chi connectivity index (χ0) is 17.1. The Morgan fingerprint density at radius 3 is 1.83 bits per heavy atom. The van der Waals surface area contributed by atoms with Gasteiger partial charge in [-0.1, -0.05) is 72.8 Å². The summed E-state index contributed by atoms with van der Waals surface area (Å²) in [6.45, 7) is 3.72. The van der Waals surface area contributed by atoms with Crippen molar-refractivity contribution in [3.63, 3.8) is 0 Å². The highest BCUT2D eigenvalue weighted by molar-refractivity contribution is 6.03. The summed E-state index contributed by atoms with van der Waals surface area (Å²) >= 11 is 0. The van der Waals surface area contributed by atoms with E-state index in [-0.39, 0.29) is 17.5 Å². The smallest absolute Gasteiger partial charge is 0.174 e. The van der Waals surface area contributed by atoms with E-state index in [1.807, 2.05) is 86.6 Å². The van der Waals surface area contributed by atoms with Crippen LogP contribution in [0.2, 0.25) is 0 Å². The summed E-state index contributed by atoms with van der Waals surface area (Å²) in [4.78, 5) is 13.2. The van der Waals surface area contributed by atoms with Crippen molar-refractivity contribution in [3.05, 3.63) is 101 Å². The van der Waals surface area contributed by atoms with Crippen LogP contribution in [-0.2, 0) is 0 Å². The highest BCUT2D eigenvalue weighted by Gasteiger charge is 2.24. The van der Waals surface area contributed by atoms with Gasteiger partial charge in [0.25, 0.3) is 0 Å². The van der Waals surface area contributed by atoms with E-state index in [0.29, 0.717) is 5.56 Å². The number of hydrogen-bond donors (Lipinski definition) is 1. The molecule has 0 bridgehead atoms. The molecule has 0 aliphatic rings. The fraction of sp³-hybridized carbons (Fsp3) is 0.136. The molecule has 2 nitrogen and oxygen atoms in total. The lowest BCUT2D eigenvalue weighted by atomic mass is 9.83. The van der Waals surface area contributed by atoms with Gasteiger partial charge in [0.15, 0.2) is 5.78 Å². The Morgan fingerprint density at radius 2 is 1.29 bits per heavy atom. The first kappa shape index (κ1) is 16.0. The predicted molar refractivity (Wildman–Crippen MR) is 96.6 cm³/mol. The maximum Gasteiger partial charge on any atom is 0.174 e. The number of rotatable bonds is 4. The molecule has 0 spiro atoms. The molecular formula is C22H20O2. The van der Waals surface area contributed by atoms with E-state index in [1.165, 1.54) is 0 Å². The second-order valence-electron chi connectivity index (χ2n) is 6.08. The van der Waals surface area contributed by atoms with Crippen LogP contribution in [0.25, 0.3) is 0 Å². The Hall–Kier alpha value is -2.87. The Balaban J connectivity index is 2.15. The Bertz CT molecular complexity index is 829. The number of carbonyl (C=O) groups excluding carboxylic acids is 1. The fourth-order valence-electron chi connectivity index (χ4n) is 3.07. The largest absolute Gasteiger partial charge is 0.507 e. The molecule has 0 aliphatic carbocycles. The second kappa shape index (κ2) is 6.71. The van der Waals surface area contributed by atoms with Gasteiger partial charge in [0.2, 0.25) is 0 Å². The first-order chi connectivity index (χ1) is 11.6. The van der Waals surface area contributed by atoms with Gasteiger partial charge in [0, 0.05) is 5.56 Å². The third kappa shape index (κ3) is 3.09. The monoisotopic (exact) mass is 316 g/mol. The summed E-state index contributed by atoms with van der Waals surface area (Å²) in [5.74, 6) is -0.0318. The zero-order valence-electron chi connectivity index (χ0n) is 13.9. The average Bonchev–Trinajstić information content (AvgIpc) is 2.61. The van der Waals surface area contributed by atoms with Crippen molar-refractivity contribution >= 4 is 5.78 Å². The highest BCUT2D eigenvalue weighted by atomic mass is 16.3. The lowest BCUT2D eigenvalue weighted by molar-refractivity contribution is 0.0974. The summed E-state index contributed by atoms with van der Waals surface area (Å²) in [6.07, 6.45) is 0. The van der Waals surface area contributed by atoms with Crippen molar-refractivity contribution in [2.45, 2.75) is 19.8 Å². The molecule has 24 heavy (non-hydrogen) atoms. The molecule has 0 saturated heterocycles. The van der Waals surface area contributed by atoms with Gasteiger partial charge < -0.3 is 5.11 Å². The lowest BCUT2D eigenvalue weighted by Crippen LogP contribution is -2.15. The van der Waals surface area contributed by atoms with E-state index < -0.39 is 0 Å². The number of phenolic OH excluding ortho intramolecular Hbond substituents is 1. The van der Waals surface area contributed by atoms with Crippen molar-refractivity contribution in [2.75, 3.05) is 0 Å². The summed E-state index contributed by atoms with van der Waals surface area (Å²) < 4.78 is 0. The maximum atomic E-state index is 13.2. The van der Waals surface area contributed by atoms with Crippen molar-refractivity contribution in [3.8, 4) is 5.75 Å². The zero-order valence-corrected chi connectivity index (χ0v) is 13.9. The van der Waals surface area contributed by atoms with E-state index in [2.05, 4.69) is 0 Å². The molecule has 3 aromatic carbocycles. The molecule has 0 fully saturated rings. The molecule has 120 valence electrons. The van der Waals surface area contributed by atoms with E-state index in [4.69, 9.17) is 0 Å². The molecule has 0 saturated carbocycles. The average molecular weight is 316 g/mol. The number of Topliss-reactive ketones (excluding diaryl/α,β-unsaturated/α-hetero) is 1. The van der Waals surface area contributed by atoms with Crippen LogP contribution in [0.4, 0.5) is 0 Å². The van der Waals surface area contributed by atoms with E-state index in [1.54, 1.807) is 0 Å². The van der Waals surface area contributed by atoms with Crippen LogP contribution in [0.3, 0.4) is 0 Å². The molecule has 3 aromatic rings. The quantitative estimate of drug-likeness (QED) is 0.686. The molecule has 3 rings (SSSR count). The van der Waals surface area contributed by atoms with Gasteiger partial charge in [-0.25, -0.2) is 0 Å². The van der Waals surface area contributed by atoms with Gasteiger partial charge in [0.05, 0.1) is 5.92 Å². The normalized spacial score (nSPS) is 11.9.